The van der Waals surface area contributed by atoms with Crippen molar-refractivity contribution in [2.45, 2.75) is 56.4 Å². The molecule has 16 heteroatoms. The molecule has 1 atom stereocenters. The molecule has 0 spiro atoms. The molecule has 0 saturated carbocycles. The van der Waals surface area contributed by atoms with Crippen LogP contribution in [0.1, 0.15) is 50.3 Å². The van der Waals surface area contributed by atoms with Crippen molar-refractivity contribution in [1.82, 2.24) is 9.29 Å². The first kappa shape index (κ1) is 41.3. The van der Waals surface area contributed by atoms with Gasteiger partial charge in [0.25, 0.3) is 0 Å². The lowest BCUT2D eigenvalue weighted by atomic mass is 9.79. The molecule has 1 unspecified atom stereocenters. The molecule has 1 fully saturated rings. The number of benzene rings is 3. The quantitative estimate of drug-likeness (QED) is 0.0724. The topological polar surface area (TPSA) is 134 Å². The highest BCUT2D eigenvalue weighted by Gasteiger charge is 2.50. The standard InChI is InChI=1S/C38H47ClF3N5O6S/c1-36(2,3)53-34-24-32(45-30-14-18-47(19-15-30)54(49,50)38(40,41)42)31-22-27(23-33(35(31)46-34)44-17-21-52-5)37(48,25-6-10-28(39)11-7-25)26-8-12-29(13-9-26)43-16-20-51-4/h6-13,22-24,30,43-44,48H,14-21H2,1-5H3,(H,45,46). The molecule has 4 N–H and O–H groups in total. The average Bonchev–Trinajstić information content (AvgIpc) is 3.11. The normalized spacial score (nSPS) is 15.9. The van der Waals surface area contributed by atoms with Crippen LogP contribution in [-0.4, -0.2) is 93.6 Å². The number of halogens is 4. The summed E-state index contributed by atoms with van der Waals surface area (Å²) < 4.78 is 81.4. The van der Waals surface area contributed by atoms with Crippen LogP contribution in [-0.2, 0) is 25.1 Å². The van der Waals surface area contributed by atoms with Gasteiger partial charge in [-0.15, -0.1) is 0 Å². The van der Waals surface area contributed by atoms with Gasteiger partial charge in [0.1, 0.15) is 11.2 Å². The first-order valence-electron chi connectivity index (χ1n) is 17.5. The molecule has 1 aromatic heterocycles. The largest absolute Gasteiger partial charge is 0.511 e. The highest BCUT2D eigenvalue weighted by molar-refractivity contribution is 7.90. The Morgan fingerprint density at radius 3 is 1.98 bits per heavy atom. The number of piperidine rings is 1. The lowest BCUT2D eigenvalue weighted by Gasteiger charge is -2.33. The number of sulfonamides is 1. The minimum Gasteiger partial charge on any atom is -0.472 e. The molecule has 11 nitrogen and oxygen atoms in total. The molecular weight excluding hydrogens is 747 g/mol. The molecule has 0 aliphatic carbocycles. The molecule has 1 saturated heterocycles. The lowest BCUT2D eigenvalue weighted by Crippen LogP contribution is -2.47. The molecule has 5 rings (SSSR count). The van der Waals surface area contributed by atoms with Gasteiger partial charge in [0.2, 0.25) is 5.88 Å². The number of alkyl halides is 3. The van der Waals surface area contributed by atoms with Crippen molar-refractivity contribution >= 4 is 49.6 Å². The number of methoxy groups -OCH3 is 2. The zero-order valence-corrected chi connectivity index (χ0v) is 32.5. The summed E-state index contributed by atoms with van der Waals surface area (Å²) in [7, 11) is -2.24. The van der Waals surface area contributed by atoms with Crippen molar-refractivity contribution in [3.63, 3.8) is 0 Å². The van der Waals surface area contributed by atoms with Crippen LogP contribution in [0.3, 0.4) is 0 Å². The average molecular weight is 794 g/mol. The van der Waals surface area contributed by atoms with E-state index in [-0.39, 0.29) is 32.0 Å². The minimum atomic E-state index is -5.45. The third-order valence-corrected chi connectivity index (χ3v) is 10.9. The highest BCUT2D eigenvalue weighted by Crippen LogP contribution is 2.43. The van der Waals surface area contributed by atoms with Gasteiger partial charge in [-0.25, -0.2) is 13.4 Å². The molecule has 54 heavy (non-hydrogen) atoms. The summed E-state index contributed by atoms with van der Waals surface area (Å²) in [4.78, 5) is 4.90. The Labute approximate surface area is 319 Å². The van der Waals surface area contributed by atoms with E-state index in [2.05, 4.69) is 16.0 Å². The number of hydrogen-bond acceptors (Lipinski definition) is 10. The van der Waals surface area contributed by atoms with Gasteiger partial charge >= 0.3 is 15.5 Å². The second kappa shape index (κ2) is 16.9. The van der Waals surface area contributed by atoms with E-state index in [9.17, 15) is 26.7 Å². The van der Waals surface area contributed by atoms with E-state index in [0.717, 1.165) is 5.69 Å². The molecule has 2 heterocycles. The SMILES string of the molecule is COCCNc1ccc(C(O)(c2ccc(Cl)cc2)c2cc(NCCOC)c3nc(OC(C)(C)C)cc(NC4CCN(S(=O)(=O)C(F)(F)F)CC4)c3c2)cc1. The molecule has 4 aromatic rings. The van der Waals surface area contributed by atoms with Crippen LogP contribution < -0.4 is 20.7 Å². The molecular formula is C38H47ClF3N5O6S. The fraction of sp³-hybridized carbons (Fsp3) is 0.447. The number of fused-ring (bicyclic) bond motifs is 1. The number of nitrogens with one attached hydrogen (secondary N) is 3. The van der Waals surface area contributed by atoms with Gasteiger partial charge in [-0.1, -0.05) is 35.9 Å². The maximum Gasteiger partial charge on any atom is 0.511 e. The van der Waals surface area contributed by atoms with E-state index in [1.54, 1.807) is 44.6 Å². The fourth-order valence-corrected chi connectivity index (χ4v) is 7.46. The van der Waals surface area contributed by atoms with Crippen molar-refractivity contribution < 1.29 is 40.9 Å². The number of pyridine rings is 1. The van der Waals surface area contributed by atoms with E-state index in [1.165, 1.54) is 0 Å². The Hall–Kier alpha value is -3.86. The van der Waals surface area contributed by atoms with Gasteiger partial charge in [0.05, 0.1) is 24.4 Å². The van der Waals surface area contributed by atoms with Crippen LogP contribution in [0.4, 0.5) is 30.2 Å². The Morgan fingerprint density at radius 2 is 1.43 bits per heavy atom. The number of nitrogens with zero attached hydrogens (tertiary/aromatic N) is 2. The Balaban J connectivity index is 1.66. The third-order valence-electron chi connectivity index (χ3n) is 8.99. The highest BCUT2D eigenvalue weighted by atomic mass is 35.5. The summed E-state index contributed by atoms with van der Waals surface area (Å²) in [6.45, 7) is 6.91. The molecule has 294 valence electrons. The fourth-order valence-electron chi connectivity index (χ4n) is 6.35. The third kappa shape index (κ3) is 9.50. The number of ether oxygens (including phenoxy) is 3. The second-order valence-corrected chi connectivity index (χ2v) is 16.4. The van der Waals surface area contributed by atoms with E-state index in [0.29, 0.717) is 80.5 Å². The number of aliphatic hydroxyl groups is 1. The van der Waals surface area contributed by atoms with Crippen LogP contribution in [0.2, 0.25) is 5.02 Å². The van der Waals surface area contributed by atoms with Crippen LogP contribution in [0.15, 0.2) is 66.7 Å². The van der Waals surface area contributed by atoms with Crippen molar-refractivity contribution in [3.05, 3.63) is 88.4 Å². The second-order valence-electron chi connectivity index (χ2n) is 14.0. The van der Waals surface area contributed by atoms with Gasteiger partial charge in [-0.3, -0.25) is 0 Å². The first-order valence-corrected chi connectivity index (χ1v) is 19.3. The summed E-state index contributed by atoms with van der Waals surface area (Å²) in [5.41, 5.74) is -3.66. The van der Waals surface area contributed by atoms with Crippen LogP contribution in [0.5, 0.6) is 5.88 Å². The van der Waals surface area contributed by atoms with Crippen molar-refractivity contribution in [2.24, 2.45) is 0 Å². The Bertz CT molecular complexity index is 1990. The van der Waals surface area contributed by atoms with Gasteiger partial charge in [0, 0.05) is 74.3 Å². The van der Waals surface area contributed by atoms with Gasteiger partial charge in [-0.2, -0.15) is 17.5 Å². The van der Waals surface area contributed by atoms with E-state index >= 15 is 0 Å². The zero-order chi connectivity index (χ0) is 39.3. The molecule has 3 aromatic carbocycles. The van der Waals surface area contributed by atoms with Gasteiger partial charge < -0.3 is 35.3 Å². The molecule has 1 aliphatic heterocycles. The summed E-state index contributed by atoms with van der Waals surface area (Å²) in [6.07, 6.45) is 0.236. The van der Waals surface area contributed by atoms with E-state index in [4.69, 9.17) is 30.8 Å². The van der Waals surface area contributed by atoms with Crippen molar-refractivity contribution in [1.29, 1.82) is 0 Å². The Morgan fingerprint density at radius 1 is 0.852 bits per heavy atom. The number of anilines is 3. The van der Waals surface area contributed by atoms with E-state index in [1.807, 2.05) is 57.2 Å². The summed E-state index contributed by atoms with van der Waals surface area (Å²) in [5, 5.41) is 24.3. The smallest absolute Gasteiger partial charge is 0.472 e. The maximum atomic E-state index is 13.3. The molecule has 0 radical (unpaired) electrons. The predicted molar refractivity (Wildman–Crippen MR) is 206 cm³/mol. The monoisotopic (exact) mass is 793 g/mol. The summed E-state index contributed by atoms with van der Waals surface area (Å²) >= 11 is 6.30. The predicted octanol–water partition coefficient (Wildman–Crippen LogP) is 7.19. The van der Waals surface area contributed by atoms with Gasteiger partial charge in [-0.05, 0) is 86.7 Å². The lowest BCUT2D eigenvalue weighted by molar-refractivity contribution is -0.0494. The minimum absolute atomic E-state index is 0.118. The number of rotatable bonds is 15. The van der Waals surface area contributed by atoms with Crippen LogP contribution in [0.25, 0.3) is 10.9 Å². The molecule has 0 bridgehead atoms. The van der Waals surface area contributed by atoms with Gasteiger partial charge in [0.15, 0.2) is 0 Å². The molecule has 1 aliphatic rings. The summed E-state index contributed by atoms with van der Waals surface area (Å²) in [5.74, 6) is 0.293. The first-order chi connectivity index (χ1) is 25.5. The van der Waals surface area contributed by atoms with Crippen molar-refractivity contribution in [3.8, 4) is 5.88 Å². The van der Waals surface area contributed by atoms with E-state index < -0.39 is 26.7 Å². The van der Waals surface area contributed by atoms with Crippen molar-refractivity contribution in [2.75, 3.05) is 69.6 Å². The maximum absolute atomic E-state index is 13.3. The number of aromatic nitrogens is 1. The summed E-state index contributed by atoms with van der Waals surface area (Å²) in [6, 6.07) is 19.3. The van der Waals surface area contributed by atoms with Crippen LogP contribution in [0, 0.1) is 0 Å². The zero-order valence-electron chi connectivity index (χ0n) is 30.9. The Kier molecular flexibility index (Phi) is 12.9. The number of hydrogen-bond donors (Lipinski definition) is 4. The van der Waals surface area contributed by atoms with Crippen LogP contribution >= 0.6 is 11.6 Å². The molecule has 0 amide bonds.